The summed E-state index contributed by atoms with van der Waals surface area (Å²) >= 11 is 0. The monoisotopic (exact) mass is 261 g/mol. The minimum absolute atomic E-state index is 0.0656. The molecule has 100 valence electrons. The van der Waals surface area contributed by atoms with Crippen LogP contribution in [0.15, 0.2) is 0 Å². The molecule has 3 unspecified atom stereocenters. The van der Waals surface area contributed by atoms with E-state index in [9.17, 15) is 13.5 Å². The second kappa shape index (κ2) is 4.86. The lowest BCUT2D eigenvalue weighted by molar-refractivity contribution is 0.104. The standard InChI is InChI=1S/C12H23NO3S/c1-12(7-8-17(15,16)9-12)13-10-5-3-2-4-6-11(10)14/h10-11,13-14H,2-9H2,1H3. The number of nitrogens with one attached hydrogen (secondary N) is 1. The van der Waals surface area contributed by atoms with Gasteiger partial charge in [-0.1, -0.05) is 19.3 Å². The highest BCUT2D eigenvalue weighted by Gasteiger charge is 2.40. The number of hydrogen-bond donors (Lipinski definition) is 2. The maximum atomic E-state index is 11.5. The molecule has 2 fully saturated rings. The first-order chi connectivity index (χ1) is 7.90. The van der Waals surface area contributed by atoms with Gasteiger partial charge in [0.2, 0.25) is 0 Å². The molecule has 1 saturated heterocycles. The summed E-state index contributed by atoms with van der Waals surface area (Å²) < 4.78 is 23.1. The SMILES string of the molecule is CC1(NC2CCCCCC2O)CCS(=O)(=O)C1. The zero-order valence-electron chi connectivity index (χ0n) is 10.5. The first-order valence-corrected chi connectivity index (χ1v) is 8.39. The van der Waals surface area contributed by atoms with Gasteiger partial charge in [0.15, 0.2) is 9.84 Å². The van der Waals surface area contributed by atoms with E-state index < -0.39 is 9.84 Å². The largest absolute Gasteiger partial charge is 0.392 e. The van der Waals surface area contributed by atoms with Crippen molar-refractivity contribution in [1.82, 2.24) is 5.32 Å². The Kier molecular flexibility index (Phi) is 3.80. The van der Waals surface area contributed by atoms with Gasteiger partial charge in [-0.3, -0.25) is 0 Å². The summed E-state index contributed by atoms with van der Waals surface area (Å²) in [5.41, 5.74) is -0.338. The Labute approximate surface area is 104 Å². The average molecular weight is 261 g/mol. The van der Waals surface area contributed by atoms with E-state index in [2.05, 4.69) is 5.32 Å². The molecule has 17 heavy (non-hydrogen) atoms. The summed E-state index contributed by atoms with van der Waals surface area (Å²) in [6.45, 7) is 1.97. The Morgan fingerprint density at radius 2 is 1.94 bits per heavy atom. The van der Waals surface area contributed by atoms with Crippen molar-refractivity contribution in [2.45, 2.75) is 63.1 Å². The molecule has 0 radical (unpaired) electrons. The molecule has 0 spiro atoms. The third-order valence-corrected chi connectivity index (χ3v) is 5.92. The number of hydrogen-bond acceptors (Lipinski definition) is 4. The minimum Gasteiger partial charge on any atom is -0.392 e. The molecule has 0 aromatic carbocycles. The Balaban J connectivity index is 2.00. The Bertz CT molecular complexity index is 368. The minimum atomic E-state index is -2.88. The number of rotatable bonds is 2. The van der Waals surface area contributed by atoms with Gasteiger partial charge < -0.3 is 10.4 Å². The number of sulfone groups is 1. The molecule has 3 atom stereocenters. The first-order valence-electron chi connectivity index (χ1n) is 6.56. The van der Waals surface area contributed by atoms with Crippen molar-refractivity contribution < 1.29 is 13.5 Å². The summed E-state index contributed by atoms with van der Waals surface area (Å²) in [6.07, 6.45) is 5.50. The zero-order valence-corrected chi connectivity index (χ0v) is 11.3. The van der Waals surface area contributed by atoms with Gasteiger partial charge in [-0.15, -0.1) is 0 Å². The van der Waals surface area contributed by atoms with Crippen molar-refractivity contribution in [3.63, 3.8) is 0 Å². The lowest BCUT2D eigenvalue weighted by Crippen LogP contribution is -2.53. The van der Waals surface area contributed by atoms with Gasteiger partial charge in [0, 0.05) is 11.6 Å². The van der Waals surface area contributed by atoms with E-state index in [1.54, 1.807) is 0 Å². The lowest BCUT2D eigenvalue weighted by Gasteiger charge is -2.32. The second-order valence-electron chi connectivity index (χ2n) is 5.86. The van der Waals surface area contributed by atoms with Crippen LogP contribution in [0.25, 0.3) is 0 Å². The molecule has 5 heteroatoms. The van der Waals surface area contributed by atoms with Crippen molar-refractivity contribution in [1.29, 1.82) is 0 Å². The highest BCUT2D eigenvalue weighted by molar-refractivity contribution is 7.91. The molecule has 2 rings (SSSR count). The first kappa shape index (κ1) is 13.3. The van der Waals surface area contributed by atoms with E-state index in [-0.39, 0.29) is 29.2 Å². The molecule has 1 aliphatic carbocycles. The molecule has 0 amide bonds. The van der Waals surface area contributed by atoms with Gasteiger partial charge in [0.25, 0.3) is 0 Å². The van der Waals surface area contributed by atoms with Crippen molar-refractivity contribution in [2.75, 3.05) is 11.5 Å². The lowest BCUT2D eigenvalue weighted by atomic mass is 9.97. The highest BCUT2D eigenvalue weighted by atomic mass is 32.2. The van der Waals surface area contributed by atoms with Crippen LogP contribution in [0.1, 0.15) is 45.4 Å². The van der Waals surface area contributed by atoms with Gasteiger partial charge in [-0.05, 0) is 26.2 Å². The predicted octanol–water partition coefficient (Wildman–Crippen LogP) is 0.847. The average Bonchev–Trinajstić information content (AvgIpc) is 2.38. The second-order valence-corrected chi connectivity index (χ2v) is 8.04. The van der Waals surface area contributed by atoms with E-state index in [0.29, 0.717) is 6.42 Å². The number of aliphatic hydroxyl groups is 1. The van der Waals surface area contributed by atoms with Crippen LogP contribution in [0.3, 0.4) is 0 Å². The smallest absolute Gasteiger partial charge is 0.152 e. The van der Waals surface area contributed by atoms with Crippen molar-refractivity contribution >= 4 is 9.84 Å². The van der Waals surface area contributed by atoms with Crippen LogP contribution in [0.2, 0.25) is 0 Å². The van der Waals surface area contributed by atoms with Gasteiger partial charge in [-0.2, -0.15) is 0 Å². The molecule has 1 aliphatic heterocycles. The van der Waals surface area contributed by atoms with Crippen LogP contribution in [-0.2, 0) is 9.84 Å². The molecular formula is C12H23NO3S. The van der Waals surface area contributed by atoms with Crippen LogP contribution in [0, 0.1) is 0 Å². The Morgan fingerprint density at radius 3 is 2.59 bits per heavy atom. The van der Waals surface area contributed by atoms with Crippen molar-refractivity contribution in [3.05, 3.63) is 0 Å². The fraction of sp³-hybridized carbons (Fsp3) is 1.00. The van der Waals surface area contributed by atoms with Gasteiger partial charge in [-0.25, -0.2) is 8.42 Å². The third-order valence-electron chi connectivity index (χ3n) is 4.02. The van der Waals surface area contributed by atoms with E-state index in [1.807, 2.05) is 6.92 Å². The molecule has 1 saturated carbocycles. The maximum absolute atomic E-state index is 11.5. The summed E-state index contributed by atoms with van der Waals surface area (Å²) in [7, 11) is -2.88. The van der Waals surface area contributed by atoms with Crippen LogP contribution in [0.4, 0.5) is 0 Å². The molecule has 0 bridgehead atoms. The maximum Gasteiger partial charge on any atom is 0.152 e. The van der Waals surface area contributed by atoms with E-state index in [1.165, 1.54) is 6.42 Å². The Morgan fingerprint density at radius 1 is 1.24 bits per heavy atom. The number of aliphatic hydroxyl groups excluding tert-OH is 1. The van der Waals surface area contributed by atoms with Crippen molar-refractivity contribution in [3.8, 4) is 0 Å². The molecular weight excluding hydrogens is 238 g/mol. The van der Waals surface area contributed by atoms with E-state index >= 15 is 0 Å². The van der Waals surface area contributed by atoms with E-state index in [0.717, 1.165) is 25.7 Å². The molecule has 0 aromatic rings. The third kappa shape index (κ3) is 3.42. The summed E-state index contributed by atoms with van der Waals surface area (Å²) in [5.74, 6) is 0.489. The predicted molar refractivity (Wildman–Crippen MR) is 67.7 cm³/mol. The molecule has 2 aliphatic rings. The molecule has 2 N–H and O–H groups in total. The Hall–Kier alpha value is -0.130. The van der Waals surface area contributed by atoms with Crippen LogP contribution >= 0.6 is 0 Å². The highest BCUT2D eigenvalue weighted by Crippen LogP contribution is 2.26. The van der Waals surface area contributed by atoms with Crippen LogP contribution in [-0.4, -0.2) is 42.7 Å². The van der Waals surface area contributed by atoms with Crippen LogP contribution in [0.5, 0.6) is 0 Å². The molecule has 0 aromatic heterocycles. The fourth-order valence-corrected chi connectivity index (χ4v) is 5.13. The van der Waals surface area contributed by atoms with Gasteiger partial charge >= 0.3 is 0 Å². The molecule has 4 nitrogen and oxygen atoms in total. The molecule has 1 heterocycles. The normalized spacial score (nSPS) is 42.2. The van der Waals surface area contributed by atoms with Crippen LogP contribution < -0.4 is 5.32 Å². The summed E-state index contributed by atoms with van der Waals surface area (Å²) in [4.78, 5) is 0. The zero-order chi connectivity index (χ0) is 12.5. The van der Waals surface area contributed by atoms with E-state index in [4.69, 9.17) is 0 Å². The summed E-state index contributed by atoms with van der Waals surface area (Å²) in [5, 5.41) is 13.5. The fourth-order valence-electron chi connectivity index (χ4n) is 3.03. The topological polar surface area (TPSA) is 66.4 Å². The van der Waals surface area contributed by atoms with Crippen molar-refractivity contribution in [2.24, 2.45) is 0 Å². The summed E-state index contributed by atoms with van der Waals surface area (Å²) in [6, 6.07) is 0.0656. The quantitative estimate of drug-likeness (QED) is 0.723. The van der Waals surface area contributed by atoms with Gasteiger partial charge in [0.05, 0.1) is 17.6 Å². The van der Waals surface area contributed by atoms with Gasteiger partial charge in [0.1, 0.15) is 0 Å².